The van der Waals surface area contributed by atoms with E-state index in [1.54, 1.807) is 0 Å². The van der Waals surface area contributed by atoms with Gasteiger partial charge in [0.15, 0.2) is 0 Å². The lowest BCUT2D eigenvalue weighted by atomic mass is 10.2. The number of amides is 2. The zero-order chi connectivity index (χ0) is 11.7. The molecule has 15 heavy (non-hydrogen) atoms. The smallest absolute Gasteiger partial charge is 0.239 e. The van der Waals surface area contributed by atoms with E-state index in [-0.39, 0.29) is 24.9 Å². The lowest BCUT2D eigenvalue weighted by molar-refractivity contribution is -0.125. The SMILES string of the molecule is CCNCC(=O)NCC(=O)NCC(C)C. The first kappa shape index (κ1) is 13.9. The average molecular weight is 215 g/mol. The number of rotatable bonds is 7. The summed E-state index contributed by atoms with van der Waals surface area (Å²) in [7, 11) is 0. The second kappa shape index (κ2) is 8.23. The van der Waals surface area contributed by atoms with Gasteiger partial charge in [-0.25, -0.2) is 0 Å². The van der Waals surface area contributed by atoms with Gasteiger partial charge < -0.3 is 16.0 Å². The van der Waals surface area contributed by atoms with Crippen LogP contribution in [0.5, 0.6) is 0 Å². The quantitative estimate of drug-likeness (QED) is 0.535. The minimum absolute atomic E-state index is 0.0525. The first-order valence-corrected chi connectivity index (χ1v) is 5.30. The van der Waals surface area contributed by atoms with Crippen molar-refractivity contribution < 1.29 is 9.59 Å². The number of carbonyl (C=O) groups excluding carboxylic acids is 2. The molecule has 0 fully saturated rings. The number of likely N-dealkylation sites (N-methyl/N-ethyl adjacent to an activating group) is 1. The lowest BCUT2D eigenvalue weighted by Crippen LogP contribution is -2.41. The largest absolute Gasteiger partial charge is 0.354 e. The molecule has 5 nitrogen and oxygen atoms in total. The van der Waals surface area contributed by atoms with Crippen molar-refractivity contribution in [3.05, 3.63) is 0 Å². The highest BCUT2D eigenvalue weighted by atomic mass is 16.2. The van der Waals surface area contributed by atoms with Gasteiger partial charge in [-0.3, -0.25) is 9.59 Å². The van der Waals surface area contributed by atoms with E-state index in [0.29, 0.717) is 12.5 Å². The van der Waals surface area contributed by atoms with Crippen LogP contribution < -0.4 is 16.0 Å². The zero-order valence-corrected chi connectivity index (χ0v) is 9.72. The first-order chi connectivity index (χ1) is 7.06. The van der Waals surface area contributed by atoms with Gasteiger partial charge in [0.05, 0.1) is 13.1 Å². The predicted molar refractivity (Wildman–Crippen MR) is 59.4 cm³/mol. The van der Waals surface area contributed by atoms with Gasteiger partial charge in [0.25, 0.3) is 0 Å². The number of carbonyl (C=O) groups is 2. The Labute approximate surface area is 91.0 Å². The maximum absolute atomic E-state index is 11.2. The maximum atomic E-state index is 11.2. The number of hydrogen-bond donors (Lipinski definition) is 3. The molecule has 0 aliphatic rings. The first-order valence-electron chi connectivity index (χ1n) is 5.30. The molecule has 0 atom stereocenters. The molecule has 0 rings (SSSR count). The van der Waals surface area contributed by atoms with Gasteiger partial charge in [0.2, 0.25) is 11.8 Å². The van der Waals surface area contributed by atoms with Crippen molar-refractivity contribution in [2.45, 2.75) is 20.8 Å². The molecule has 0 saturated carbocycles. The Bertz CT molecular complexity index is 205. The molecule has 88 valence electrons. The van der Waals surface area contributed by atoms with Gasteiger partial charge in [0.1, 0.15) is 0 Å². The van der Waals surface area contributed by atoms with Crippen molar-refractivity contribution >= 4 is 11.8 Å². The molecule has 3 N–H and O–H groups in total. The van der Waals surface area contributed by atoms with Crippen LogP contribution in [-0.4, -0.2) is 38.0 Å². The summed E-state index contributed by atoms with van der Waals surface area (Å²) in [4.78, 5) is 22.3. The van der Waals surface area contributed by atoms with Gasteiger partial charge in [-0.15, -0.1) is 0 Å². The summed E-state index contributed by atoms with van der Waals surface area (Å²) in [5.74, 6) is 0.122. The average Bonchev–Trinajstić information content (AvgIpc) is 2.20. The van der Waals surface area contributed by atoms with E-state index >= 15 is 0 Å². The Morgan fingerprint density at radius 3 is 2.20 bits per heavy atom. The van der Waals surface area contributed by atoms with Crippen molar-refractivity contribution in [1.82, 2.24) is 16.0 Å². The highest BCUT2D eigenvalue weighted by molar-refractivity contribution is 5.85. The minimum Gasteiger partial charge on any atom is -0.354 e. The van der Waals surface area contributed by atoms with Gasteiger partial charge >= 0.3 is 0 Å². The Kier molecular flexibility index (Phi) is 7.62. The molecule has 0 aromatic rings. The van der Waals surface area contributed by atoms with Crippen LogP contribution in [0.25, 0.3) is 0 Å². The van der Waals surface area contributed by atoms with Crippen LogP contribution in [0.4, 0.5) is 0 Å². The third kappa shape index (κ3) is 9.21. The third-order valence-electron chi connectivity index (χ3n) is 1.69. The maximum Gasteiger partial charge on any atom is 0.239 e. The van der Waals surface area contributed by atoms with Crippen LogP contribution >= 0.6 is 0 Å². The third-order valence-corrected chi connectivity index (χ3v) is 1.69. The van der Waals surface area contributed by atoms with E-state index in [1.807, 2.05) is 20.8 Å². The summed E-state index contributed by atoms with van der Waals surface area (Å²) in [5.41, 5.74) is 0. The second-order valence-corrected chi connectivity index (χ2v) is 3.75. The van der Waals surface area contributed by atoms with E-state index in [4.69, 9.17) is 0 Å². The molecule has 2 amide bonds. The lowest BCUT2D eigenvalue weighted by Gasteiger charge is -2.08. The van der Waals surface area contributed by atoms with Gasteiger partial charge in [-0.05, 0) is 12.5 Å². The van der Waals surface area contributed by atoms with Gasteiger partial charge in [-0.2, -0.15) is 0 Å². The molecule has 0 spiro atoms. The fourth-order valence-electron chi connectivity index (χ4n) is 0.860. The van der Waals surface area contributed by atoms with Crippen LogP contribution in [0.1, 0.15) is 20.8 Å². The Morgan fingerprint density at radius 1 is 1.07 bits per heavy atom. The topological polar surface area (TPSA) is 70.2 Å². The van der Waals surface area contributed by atoms with Crippen molar-refractivity contribution in [2.24, 2.45) is 5.92 Å². The Morgan fingerprint density at radius 2 is 1.67 bits per heavy atom. The summed E-state index contributed by atoms with van der Waals surface area (Å²) in [6.07, 6.45) is 0. The van der Waals surface area contributed by atoms with Crippen molar-refractivity contribution in [2.75, 3.05) is 26.2 Å². The summed E-state index contributed by atoms with van der Waals surface area (Å²) >= 11 is 0. The molecule has 0 aliphatic carbocycles. The van der Waals surface area contributed by atoms with Crippen LogP contribution in [0.3, 0.4) is 0 Å². The summed E-state index contributed by atoms with van der Waals surface area (Å²) in [6.45, 7) is 7.65. The van der Waals surface area contributed by atoms with Crippen molar-refractivity contribution in [3.63, 3.8) is 0 Å². The molecule has 0 heterocycles. The Balaban J connectivity index is 3.49. The van der Waals surface area contributed by atoms with E-state index < -0.39 is 0 Å². The standard InChI is InChI=1S/C10H21N3O2/c1-4-11-6-9(14)13-7-10(15)12-5-8(2)3/h8,11H,4-7H2,1-3H3,(H,12,15)(H,13,14). The van der Waals surface area contributed by atoms with E-state index in [2.05, 4.69) is 16.0 Å². The van der Waals surface area contributed by atoms with Crippen LogP contribution in [0, 0.1) is 5.92 Å². The Hall–Kier alpha value is -1.10. The van der Waals surface area contributed by atoms with Crippen molar-refractivity contribution in [1.29, 1.82) is 0 Å². The van der Waals surface area contributed by atoms with E-state index in [9.17, 15) is 9.59 Å². The number of hydrogen-bond acceptors (Lipinski definition) is 3. The fourth-order valence-corrected chi connectivity index (χ4v) is 0.860. The monoisotopic (exact) mass is 215 g/mol. The van der Waals surface area contributed by atoms with Crippen LogP contribution in [0.15, 0.2) is 0 Å². The van der Waals surface area contributed by atoms with Crippen molar-refractivity contribution in [3.8, 4) is 0 Å². The molecule has 0 saturated heterocycles. The predicted octanol–water partition coefficient (Wildman–Crippen LogP) is -0.516. The molecule has 0 aromatic heterocycles. The minimum atomic E-state index is -0.156. The second-order valence-electron chi connectivity index (χ2n) is 3.75. The van der Waals surface area contributed by atoms with Gasteiger partial charge in [0, 0.05) is 6.54 Å². The number of nitrogens with one attached hydrogen (secondary N) is 3. The van der Waals surface area contributed by atoms with Crippen LogP contribution in [-0.2, 0) is 9.59 Å². The molecular formula is C10H21N3O2. The van der Waals surface area contributed by atoms with E-state index in [1.165, 1.54) is 0 Å². The molecule has 5 heteroatoms. The molecule has 0 aliphatic heterocycles. The molecule has 0 aromatic carbocycles. The molecule has 0 radical (unpaired) electrons. The normalized spacial score (nSPS) is 10.1. The fraction of sp³-hybridized carbons (Fsp3) is 0.800. The van der Waals surface area contributed by atoms with Gasteiger partial charge in [-0.1, -0.05) is 20.8 Å². The van der Waals surface area contributed by atoms with Crippen LogP contribution in [0.2, 0.25) is 0 Å². The van der Waals surface area contributed by atoms with E-state index in [0.717, 1.165) is 6.54 Å². The summed E-state index contributed by atoms with van der Waals surface area (Å²) < 4.78 is 0. The summed E-state index contributed by atoms with van der Waals surface area (Å²) in [6, 6.07) is 0. The molecule has 0 bridgehead atoms. The highest BCUT2D eigenvalue weighted by Gasteiger charge is 2.04. The highest BCUT2D eigenvalue weighted by Crippen LogP contribution is 1.85. The zero-order valence-electron chi connectivity index (χ0n) is 9.72. The molecule has 0 unspecified atom stereocenters. The molecular weight excluding hydrogens is 194 g/mol. The summed E-state index contributed by atoms with van der Waals surface area (Å²) in [5, 5.41) is 8.13.